The number of carboxylic acid groups (broad SMARTS) is 1. The van der Waals surface area contributed by atoms with E-state index in [9.17, 15) is 9.59 Å². The van der Waals surface area contributed by atoms with Crippen molar-refractivity contribution in [3.8, 4) is 5.75 Å². The Morgan fingerprint density at radius 3 is 2.64 bits per heavy atom. The van der Waals surface area contributed by atoms with Gasteiger partial charge in [0.05, 0.1) is 16.7 Å². The molecule has 0 bridgehead atoms. The molecule has 1 heterocycles. The van der Waals surface area contributed by atoms with Gasteiger partial charge in [0.15, 0.2) is 12.0 Å². The van der Waals surface area contributed by atoms with Gasteiger partial charge >= 0.3 is 5.97 Å². The molecule has 0 aliphatic carbocycles. The number of aryl methyl sites for hydroxylation is 2. The highest BCUT2D eigenvalue weighted by Gasteiger charge is 2.13. The van der Waals surface area contributed by atoms with Crippen molar-refractivity contribution in [2.24, 2.45) is 0 Å². The van der Waals surface area contributed by atoms with Crippen LogP contribution < -0.4 is 10.2 Å². The summed E-state index contributed by atoms with van der Waals surface area (Å²) < 4.78 is 10.6. The molecule has 0 fully saturated rings. The van der Waals surface area contributed by atoms with E-state index in [4.69, 9.17) is 25.9 Å². The molecule has 5 nitrogen and oxygen atoms in total. The minimum atomic E-state index is -1.10. The first kappa shape index (κ1) is 17.0. The number of hydrogen-bond acceptors (Lipinski definition) is 4. The summed E-state index contributed by atoms with van der Waals surface area (Å²) in [6.45, 7) is -0.499. The normalized spacial score (nSPS) is 10.8. The number of benzene rings is 2. The molecule has 2 aromatic carbocycles. The Morgan fingerprint density at radius 1 is 1.16 bits per heavy atom. The molecule has 6 heteroatoms. The number of halogens is 1. The second-order valence-corrected chi connectivity index (χ2v) is 5.94. The number of aliphatic carboxylic acids is 1. The van der Waals surface area contributed by atoms with E-state index in [-0.39, 0.29) is 27.2 Å². The van der Waals surface area contributed by atoms with Gasteiger partial charge in [-0.05, 0) is 24.5 Å². The van der Waals surface area contributed by atoms with Crippen molar-refractivity contribution in [1.29, 1.82) is 0 Å². The Bertz CT molecular complexity index is 963. The van der Waals surface area contributed by atoms with Gasteiger partial charge in [0.1, 0.15) is 11.3 Å². The van der Waals surface area contributed by atoms with Crippen molar-refractivity contribution in [2.75, 3.05) is 6.61 Å². The quantitative estimate of drug-likeness (QED) is 0.727. The summed E-state index contributed by atoms with van der Waals surface area (Å²) in [5, 5.41) is 9.11. The van der Waals surface area contributed by atoms with Crippen LogP contribution in [0.3, 0.4) is 0 Å². The average molecular weight is 359 g/mol. The van der Waals surface area contributed by atoms with E-state index in [1.54, 1.807) is 0 Å². The highest BCUT2D eigenvalue weighted by Crippen LogP contribution is 2.27. The lowest BCUT2D eigenvalue weighted by atomic mass is 10.0. The van der Waals surface area contributed by atoms with Crippen molar-refractivity contribution < 1.29 is 19.1 Å². The molecular formula is C19H15ClO5. The van der Waals surface area contributed by atoms with E-state index >= 15 is 0 Å². The summed E-state index contributed by atoms with van der Waals surface area (Å²) in [7, 11) is 0. The van der Waals surface area contributed by atoms with Crippen LogP contribution >= 0.6 is 11.6 Å². The maximum Gasteiger partial charge on any atom is 0.341 e. The molecule has 0 radical (unpaired) electrons. The summed E-state index contributed by atoms with van der Waals surface area (Å²) in [5.74, 6) is -0.867. The molecule has 0 atom stereocenters. The summed E-state index contributed by atoms with van der Waals surface area (Å²) in [6.07, 6.45) is 2.68. The maximum absolute atomic E-state index is 12.7. The molecule has 3 aromatic rings. The average Bonchev–Trinajstić information content (AvgIpc) is 2.60. The van der Waals surface area contributed by atoms with Crippen molar-refractivity contribution >= 4 is 28.5 Å². The van der Waals surface area contributed by atoms with Gasteiger partial charge in [-0.1, -0.05) is 41.9 Å². The summed E-state index contributed by atoms with van der Waals surface area (Å²) >= 11 is 6.18. The van der Waals surface area contributed by atoms with Gasteiger partial charge in [-0.15, -0.1) is 0 Å². The topological polar surface area (TPSA) is 76.7 Å². The number of carbonyl (C=O) groups is 1. The van der Waals surface area contributed by atoms with Gasteiger partial charge in [0.25, 0.3) is 0 Å². The van der Waals surface area contributed by atoms with Crippen LogP contribution in [0.15, 0.2) is 57.9 Å². The molecule has 0 aliphatic rings. The van der Waals surface area contributed by atoms with Crippen LogP contribution in [-0.2, 0) is 17.6 Å². The monoisotopic (exact) mass is 358 g/mol. The number of rotatable bonds is 6. The summed E-state index contributed by atoms with van der Waals surface area (Å²) in [4.78, 5) is 23.2. The Morgan fingerprint density at radius 2 is 1.92 bits per heavy atom. The smallest absolute Gasteiger partial charge is 0.341 e. The zero-order valence-corrected chi connectivity index (χ0v) is 14.0. The predicted octanol–water partition coefficient (Wildman–Crippen LogP) is 3.70. The zero-order valence-electron chi connectivity index (χ0n) is 13.2. The van der Waals surface area contributed by atoms with Crippen LogP contribution in [-0.4, -0.2) is 17.7 Å². The molecule has 0 unspecified atom stereocenters. The first-order valence-corrected chi connectivity index (χ1v) is 8.05. The second kappa shape index (κ2) is 7.40. The van der Waals surface area contributed by atoms with Gasteiger partial charge in [0, 0.05) is 11.6 Å². The largest absolute Gasteiger partial charge is 0.482 e. The summed E-state index contributed by atoms with van der Waals surface area (Å²) in [5.41, 5.74) is 1.75. The Balaban J connectivity index is 1.89. The van der Waals surface area contributed by atoms with E-state index in [1.165, 1.54) is 18.4 Å². The number of ether oxygens (including phenoxy) is 1. The van der Waals surface area contributed by atoms with E-state index < -0.39 is 12.6 Å². The number of fused-ring (bicyclic) bond motifs is 1. The lowest BCUT2D eigenvalue weighted by Gasteiger charge is -2.07. The van der Waals surface area contributed by atoms with Crippen molar-refractivity contribution in [2.45, 2.75) is 12.8 Å². The van der Waals surface area contributed by atoms with E-state index in [2.05, 4.69) is 0 Å². The fraction of sp³-hybridized carbons (Fsp3) is 0.158. The molecule has 0 aliphatic heterocycles. The number of hydrogen-bond donors (Lipinski definition) is 1. The predicted molar refractivity (Wildman–Crippen MR) is 94.5 cm³/mol. The highest BCUT2D eigenvalue weighted by atomic mass is 35.5. The van der Waals surface area contributed by atoms with Gasteiger partial charge < -0.3 is 14.3 Å². The minimum Gasteiger partial charge on any atom is -0.482 e. The van der Waals surface area contributed by atoms with E-state index in [1.807, 2.05) is 30.3 Å². The maximum atomic E-state index is 12.7. The molecule has 0 spiro atoms. The third-order valence-corrected chi connectivity index (χ3v) is 4.06. The fourth-order valence-electron chi connectivity index (χ4n) is 2.54. The number of carboxylic acids is 1. The summed E-state index contributed by atoms with van der Waals surface area (Å²) in [6, 6.07) is 12.7. The third kappa shape index (κ3) is 4.00. The standard InChI is InChI=1S/C19H15ClO5/c20-15-8-14(24-11-17(21)22)9-16-18(15)19(23)13(10-25-16)7-6-12-4-2-1-3-5-12/h1-5,8-10H,6-7,11H2,(H,21,22). The Kier molecular flexibility index (Phi) is 5.05. The SMILES string of the molecule is O=C(O)COc1cc(Cl)c2c(=O)c(CCc3ccccc3)coc2c1. The minimum absolute atomic E-state index is 0.174. The van der Waals surface area contributed by atoms with Crippen molar-refractivity contribution in [3.05, 3.63) is 75.1 Å². The van der Waals surface area contributed by atoms with E-state index in [0.717, 1.165) is 5.56 Å². The molecule has 0 amide bonds. The molecular weight excluding hydrogens is 344 g/mol. The Hall–Kier alpha value is -2.79. The fourth-order valence-corrected chi connectivity index (χ4v) is 2.83. The molecule has 3 rings (SSSR count). The van der Waals surface area contributed by atoms with Crippen LogP contribution in [0, 0.1) is 0 Å². The first-order chi connectivity index (χ1) is 12.0. The van der Waals surface area contributed by atoms with Gasteiger partial charge in [0.2, 0.25) is 0 Å². The van der Waals surface area contributed by atoms with Gasteiger partial charge in [-0.2, -0.15) is 0 Å². The highest BCUT2D eigenvalue weighted by molar-refractivity contribution is 6.35. The van der Waals surface area contributed by atoms with Crippen LogP contribution in [0.4, 0.5) is 0 Å². The van der Waals surface area contributed by atoms with Crippen molar-refractivity contribution in [3.63, 3.8) is 0 Å². The van der Waals surface area contributed by atoms with Gasteiger partial charge in [-0.25, -0.2) is 4.79 Å². The molecule has 0 saturated heterocycles. The van der Waals surface area contributed by atoms with Crippen LogP contribution in [0.5, 0.6) is 5.75 Å². The zero-order chi connectivity index (χ0) is 17.8. The second-order valence-electron chi connectivity index (χ2n) is 5.54. The van der Waals surface area contributed by atoms with Gasteiger partial charge in [-0.3, -0.25) is 4.79 Å². The lowest BCUT2D eigenvalue weighted by Crippen LogP contribution is -2.12. The van der Waals surface area contributed by atoms with Crippen LogP contribution in [0.2, 0.25) is 5.02 Å². The Labute approximate surface area is 148 Å². The van der Waals surface area contributed by atoms with E-state index in [0.29, 0.717) is 18.4 Å². The molecule has 25 heavy (non-hydrogen) atoms. The molecule has 0 saturated carbocycles. The lowest BCUT2D eigenvalue weighted by molar-refractivity contribution is -0.139. The molecule has 128 valence electrons. The van der Waals surface area contributed by atoms with Crippen LogP contribution in [0.1, 0.15) is 11.1 Å². The van der Waals surface area contributed by atoms with Crippen molar-refractivity contribution in [1.82, 2.24) is 0 Å². The molecule has 1 aromatic heterocycles. The first-order valence-electron chi connectivity index (χ1n) is 7.67. The van der Waals surface area contributed by atoms with Crippen LogP contribution in [0.25, 0.3) is 11.0 Å². The third-order valence-electron chi connectivity index (χ3n) is 3.76. The molecule has 1 N–H and O–H groups in total.